The summed E-state index contributed by atoms with van der Waals surface area (Å²) in [5, 5.41) is 3.97. The number of hydrogen-bond donors (Lipinski definition) is 0. The van der Waals surface area contributed by atoms with Crippen molar-refractivity contribution in [1.29, 1.82) is 0 Å². The average molecular weight is 354 g/mol. The summed E-state index contributed by atoms with van der Waals surface area (Å²) >= 11 is 0. The van der Waals surface area contributed by atoms with Crippen LogP contribution in [0.5, 0.6) is 0 Å². The van der Waals surface area contributed by atoms with E-state index in [1.807, 2.05) is 37.3 Å². The second-order valence-corrected chi connectivity index (χ2v) is 5.79. The van der Waals surface area contributed by atoms with Gasteiger partial charge in [-0.05, 0) is 12.0 Å². The van der Waals surface area contributed by atoms with Gasteiger partial charge in [0.15, 0.2) is 0 Å². The summed E-state index contributed by atoms with van der Waals surface area (Å²) in [7, 11) is 1.40. The fraction of sp³-hybridized carbons (Fsp3) is 0.263. The lowest BCUT2D eigenvalue weighted by atomic mass is 9.98. The van der Waals surface area contributed by atoms with E-state index in [1.54, 1.807) is 0 Å². The quantitative estimate of drug-likeness (QED) is 0.464. The van der Waals surface area contributed by atoms with E-state index in [1.165, 1.54) is 13.2 Å². The molecule has 0 fully saturated rings. The Labute approximate surface area is 149 Å². The highest BCUT2D eigenvalue weighted by atomic mass is 16.6. The molecule has 1 aromatic carbocycles. The van der Waals surface area contributed by atoms with Crippen LogP contribution in [-0.2, 0) is 22.5 Å². The van der Waals surface area contributed by atoms with Crippen LogP contribution in [0.25, 0.3) is 0 Å². The molecule has 2 heterocycles. The molecular formula is C19H18N2O5. The largest absolute Gasteiger partial charge is 0.426 e. The number of benzene rings is 1. The van der Waals surface area contributed by atoms with Gasteiger partial charge in [0, 0.05) is 11.6 Å². The normalized spacial score (nSPS) is 14.4. The van der Waals surface area contributed by atoms with E-state index >= 15 is 0 Å². The maximum atomic E-state index is 12.9. The molecule has 1 aliphatic heterocycles. The van der Waals surface area contributed by atoms with Gasteiger partial charge in [-0.3, -0.25) is 14.5 Å². The third kappa shape index (κ3) is 3.28. The van der Waals surface area contributed by atoms with Crippen molar-refractivity contribution in [3.8, 4) is 0 Å². The number of aryl methyl sites for hydroxylation is 1. The molecule has 0 saturated carbocycles. The number of rotatable bonds is 5. The van der Waals surface area contributed by atoms with Crippen molar-refractivity contribution in [2.45, 2.75) is 19.8 Å². The predicted octanol–water partition coefficient (Wildman–Crippen LogP) is 1.78. The molecule has 0 N–H and O–H groups in total. The molecule has 0 atom stereocenters. The Hall–Kier alpha value is -3.22. The SMILES string of the molecule is CCc1cc(=O)oc2c1C(=O)N(C/C(=N/OC)c1ccccc1)C(=O)C2. The van der Waals surface area contributed by atoms with Gasteiger partial charge in [0.1, 0.15) is 18.6 Å². The van der Waals surface area contributed by atoms with Gasteiger partial charge >= 0.3 is 5.63 Å². The number of oxime groups is 1. The minimum Gasteiger partial charge on any atom is -0.426 e. The van der Waals surface area contributed by atoms with Crippen molar-refractivity contribution in [2.75, 3.05) is 13.7 Å². The smallest absolute Gasteiger partial charge is 0.336 e. The lowest BCUT2D eigenvalue weighted by Crippen LogP contribution is -2.46. The Morgan fingerprint density at radius 3 is 2.62 bits per heavy atom. The zero-order chi connectivity index (χ0) is 18.7. The summed E-state index contributed by atoms with van der Waals surface area (Å²) in [5.41, 5.74) is 1.51. The Balaban J connectivity index is 1.99. The molecular weight excluding hydrogens is 336 g/mol. The van der Waals surface area contributed by atoms with E-state index in [-0.39, 0.29) is 24.3 Å². The summed E-state index contributed by atoms with van der Waals surface area (Å²) in [6.45, 7) is 1.81. The van der Waals surface area contributed by atoms with Gasteiger partial charge in [-0.1, -0.05) is 42.4 Å². The first kappa shape index (κ1) is 17.6. The van der Waals surface area contributed by atoms with Gasteiger partial charge in [0.2, 0.25) is 5.91 Å². The lowest BCUT2D eigenvalue weighted by Gasteiger charge is -2.27. The highest BCUT2D eigenvalue weighted by molar-refractivity contribution is 6.14. The second-order valence-electron chi connectivity index (χ2n) is 5.79. The lowest BCUT2D eigenvalue weighted by molar-refractivity contribution is -0.128. The number of carbonyl (C=O) groups is 2. The third-order valence-electron chi connectivity index (χ3n) is 4.18. The van der Waals surface area contributed by atoms with E-state index in [9.17, 15) is 14.4 Å². The maximum Gasteiger partial charge on any atom is 0.336 e. The maximum absolute atomic E-state index is 12.9. The van der Waals surface area contributed by atoms with Crippen LogP contribution in [0.2, 0.25) is 0 Å². The molecule has 0 bridgehead atoms. The van der Waals surface area contributed by atoms with Crippen LogP contribution in [0.15, 0.2) is 50.8 Å². The van der Waals surface area contributed by atoms with Crippen LogP contribution >= 0.6 is 0 Å². The summed E-state index contributed by atoms with van der Waals surface area (Å²) in [5.74, 6) is -0.805. The molecule has 0 saturated heterocycles. The Kier molecular flexibility index (Phi) is 4.97. The van der Waals surface area contributed by atoms with Crippen molar-refractivity contribution < 1.29 is 18.8 Å². The third-order valence-corrected chi connectivity index (χ3v) is 4.18. The second kappa shape index (κ2) is 7.35. The number of carbonyl (C=O) groups excluding carboxylic acids is 2. The van der Waals surface area contributed by atoms with E-state index in [0.717, 1.165) is 10.5 Å². The first-order chi connectivity index (χ1) is 12.5. The number of nitrogens with zero attached hydrogens (tertiary/aromatic N) is 2. The van der Waals surface area contributed by atoms with Crippen molar-refractivity contribution >= 4 is 17.5 Å². The molecule has 1 aliphatic rings. The van der Waals surface area contributed by atoms with Crippen LogP contribution in [0.4, 0.5) is 0 Å². The molecule has 1 aromatic heterocycles. The summed E-state index contributed by atoms with van der Waals surface area (Å²) in [6.07, 6.45) is 0.346. The highest BCUT2D eigenvalue weighted by Crippen LogP contribution is 2.23. The Bertz CT molecular complexity index is 931. The number of hydrogen-bond acceptors (Lipinski definition) is 6. The van der Waals surface area contributed by atoms with Gasteiger partial charge in [-0.15, -0.1) is 0 Å². The van der Waals surface area contributed by atoms with E-state index in [4.69, 9.17) is 9.25 Å². The minimum atomic E-state index is -0.555. The van der Waals surface area contributed by atoms with Gasteiger partial charge in [-0.25, -0.2) is 4.79 Å². The average Bonchev–Trinajstić information content (AvgIpc) is 2.63. The highest BCUT2D eigenvalue weighted by Gasteiger charge is 2.35. The van der Waals surface area contributed by atoms with Crippen LogP contribution in [0, 0.1) is 0 Å². The van der Waals surface area contributed by atoms with Crippen molar-refractivity contribution in [3.05, 3.63) is 69.3 Å². The van der Waals surface area contributed by atoms with Gasteiger partial charge < -0.3 is 9.25 Å². The number of imide groups is 1. The summed E-state index contributed by atoms with van der Waals surface area (Å²) in [6, 6.07) is 10.5. The molecule has 0 radical (unpaired) electrons. The molecule has 7 heteroatoms. The molecule has 0 aliphatic carbocycles. The number of fused-ring (bicyclic) bond motifs is 1. The Morgan fingerprint density at radius 2 is 1.96 bits per heavy atom. The molecule has 0 spiro atoms. The predicted molar refractivity (Wildman–Crippen MR) is 94.1 cm³/mol. The van der Waals surface area contributed by atoms with Crippen molar-refractivity contribution in [2.24, 2.45) is 5.16 Å². The number of amides is 2. The first-order valence-corrected chi connectivity index (χ1v) is 8.21. The monoisotopic (exact) mass is 354 g/mol. The Morgan fingerprint density at radius 1 is 1.23 bits per heavy atom. The minimum absolute atomic E-state index is 0.0305. The zero-order valence-corrected chi connectivity index (χ0v) is 14.5. The van der Waals surface area contributed by atoms with Gasteiger partial charge in [-0.2, -0.15) is 0 Å². The molecule has 3 rings (SSSR count). The van der Waals surface area contributed by atoms with E-state index in [2.05, 4.69) is 5.16 Å². The van der Waals surface area contributed by atoms with E-state index < -0.39 is 17.4 Å². The standard InChI is InChI=1S/C19H18N2O5/c1-3-12-9-17(23)26-15-10-16(22)21(19(24)18(12)15)11-14(20-25-2)13-7-5-4-6-8-13/h4-9H,3,10-11H2,1-2H3/b20-14-. The van der Waals surface area contributed by atoms with Crippen molar-refractivity contribution in [3.63, 3.8) is 0 Å². The molecule has 2 amide bonds. The molecule has 7 nitrogen and oxygen atoms in total. The van der Waals surface area contributed by atoms with E-state index in [0.29, 0.717) is 17.7 Å². The topological polar surface area (TPSA) is 89.2 Å². The molecule has 26 heavy (non-hydrogen) atoms. The van der Waals surface area contributed by atoms with Crippen LogP contribution in [-0.4, -0.2) is 36.1 Å². The van der Waals surface area contributed by atoms with Gasteiger partial charge in [0.05, 0.1) is 18.5 Å². The molecule has 2 aromatic rings. The zero-order valence-electron chi connectivity index (χ0n) is 14.5. The first-order valence-electron chi connectivity index (χ1n) is 8.21. The molecule has 134 valence electrons. The molecule has 0 unspecified atom stereocenters. The fourth-order valence-corrected chi connectivity index (χ4v) is 2.96. The van der Waals surface area contributed by atoms with Gasteiger partial charge in [0.25, 0.3) is 5.91 Å². The fourth-order valence-electron chi connectivity index (χ4n) is 2.96. The summed E-state index contributed by atoms with van der Waals surface area (Å²) < 4.78 is 5.09. The van der Waals surface area contributed by atoms with Crippen LogP contribution in [0.1, 0.15) is 34.2 Å². The summed E-state index contributed by atoms with van der Waals surface area (Å²) in [4.78, 5) is 43.1. The van der Waals surface area contributed by atoms with Crippen LogP contribution in [0.3, 0.4) is 0 Å². The van der Waals surface area contributed by atoms with Crippen molar-refractivity contribution in [1.82, 2.24) is 4.90 Å². The van der Waals surface area contributed by atoms with Crippen LogP contribution < -0.4 is 5.63 Å².